The Morgan fingerprint density at radius 1 is 0.290 bits per heavy atom. The maximum Gasteiger partial charge on any atom is 0.0546 e. The van der Waals surface area contributed by atoms with E-state index in [1.54, 1.807) is 0 Å². The minimum Gasteiger partial charge on any atom is -0.310 e. The number of nitrogens with zero attached hydrogens (tertiary/aromatic N) is 1. The normalized spacial score (nSPS) is 12.5. The highest BCUT2D eigenvalue weighted by molar-refractivity contribution is 5.99. The summed E-state index contributed by atoms with van der Waals surface area (Å²) in [5, 5.41) is 2.48. The van der Waals surface area contributed by atoms with Gasteiger partial charge in [-0.05, 0) is 132 Å². The zero-order chi connectivity index (χ0) is 41.6. The maximum atomic E-state index is 2.48. The molecule has 0 spiro atoms. The predicted molar refractivity (Wildman–Crippen MR) is 263 cm³/mol. The van der Waals surface area contributed by atoms with Crippen LogP contribution in [0.4, 0.5) is 17.1 Å². The summed E-state index contributed by atoms with van der Waals surface area (Å²) < 4.78 is 0. The standard InChI is InChI=1S/C61H45N/c1-61(2)58-28-15-14-26-56(58)57-36-34-52(41-59(57)61)62(60-40-47(31-35-55(60)46-21-10-5-11-22-46)54-27-16-24-45-23-12-13-25-53(45)54)51-32-29-44(30-33-51)50-38-48(42-17-6-3-7-18-42)37-49(39-50)43-19-8-4-9-20-43/h3-41H,1-2H3. The minimum atomic E-state index is -0.148. The van der Waals surface area contributed by atoms with Gasteiger partial charge < -0.3 is 4.90 Å². The first-order chi connectivity index (χ1) is 30.5. The van der Waals surface area contributed by atoms with Crippen LogP contribution in [0.2, 0.25) is 0 Å². The van der Waals surface area contributed by atoms with E-state index in [4.69, 9.17) is 0 Å². The molecule has 1 nitrogen and oxygen atoms in total. The molecule has 0 N–H and O–H groups in total. The largest absolute Gasteiger partial charge is 0.310 e. The van der Waals surface area contributed by atoms with Crippen LogP contribution in [0.5, 0.6) is 0 Å². The first-order valence-corrected chi connectivity index (χ1v) is 21.6. The van der Waals surface area contributed by atoms with Crippen LogP contribution >= 0.6 is 0 Å². The zero-order valence-electron chi connectivity index (χ0n) is 35.0. The molecule has 1 aliphatic rings. The van der Waals surface area contributed by atoms with Gasteiger partial charge in [0.15, 0.2) is 0 Å². The van der Waals surface area contributed by atoms with Crippen LogP contribution in [0.3, 0.4) is 0 Å². The second kappa shape index (κ2) is 15.4. The lowest BCUT2D eigenvalue weighted by atomic mass is 9.82. The molecule has 10 aromatic rings. The van der Waals surface area contributed by atoms with Gasteiger partial charge in [-0.25, -0.2) is 0 Å². The molecule has 0 heterocycles. The molecule has 0 unspecified atom stereocenters. The van der Waals surface area contributed by atoms with Crippen molar-refractivity contribution in [2.24, 2.45) is 0 Å². The zero-order valence-corrected chi connectivity index (χ0v) is 35.0. The fourth-order valence-electron chi connectivity index (χ4n) is 9.67. The van der Waals surface area contributed by atoms with E-state index in [0.717, 1.165) is 17.1 Å². The van der Waals surface area contributed by atoms with Crippen molar-refractivity contribution in [2.75, 3.05) is 4.90 Å². The smallest absolute Gasteiger partial charge is 0.0546 e. The lowest BCUT2D eigenvalue weighted by Gasteiger charge is -2.30. The molecule has 0 bridgehead atoms. The fraction of sp³-hybridized carbons (Fsp3) is 0.0492. The van der Waals surface area contributed by atoms with Gasteiger partial charge in [0.25, 0.3) is 0 Å². The maximum absolute atomic E-state index is 2.48. The molecule has 0 saturated heterocycles. The third-order valence-corrected chi connectivity index (χ3v) is 12.9. The van der Waals surface area contributed by atoms with Crippen molar-refractivity contribution >= 4 is 27.8 Å². The van der Waals surface area contributed by atoms with E-state index in [2.05, 4.69) is 255 Å². The van der Waals surface area contributed by atoms with Gasteiger partial charge in [-0.2, -0.15) is 0 Å². The molecule has 10 aromatic carbocycles. The fourth-order valence-corrected chi connectivity index (χ4v) is 9.67. The Bertz CT molecular complexity index is 3170. The summed E-state index contributed by atoms with van der Waals surface area (Å²) >= 11 is 0. The summed E-state index contributed by atoms with van der Waals surface area (Å²) in [5.41, 5.74) is 20.5. The molecular formula is C61H45N. The van der Waals surface area contributed by atoms with Gasteiger partial charge in [0.2, 0.25) is 0 Å². The predicted octanol–water partition coefficient (Wildman–Crippen LogP) is 17.0. The van der Waals surface area contributed by atoms with Crippen molar-refractivity contribution < 1.29 is 0 Å². The molecule has 0 aliphatic heterocycles. The summed E-state index contributed by atoms with van der Waals surface area (Å²) in [4.78, 5) is 2.48. The number of fused-ring (bicyclic) bond motifs is 4. The molecule has 0 atom stereocenters. The Morgan fingerprint density at radius 2 is 0.774 bits per heavy atom. The second-order valence-corrected chi connectivity index (χ2v) is 16.9. The van der Waals surface area contributed by atoms with Crippen molar-refractivity contribution in [1.82, 2.24) is 0 Å². The molecule has 1 heteroatoms. The average molecular weight is 792 g/mol. The van der Waals surface area contributed by atoms with E-state index < -0.39 is 0 Å². The molecule has 0 fully saturated rings. The van der Waals surface area contributed by atoms with Crippen LogP contribution in [0, 0.1) is 0 Å². The van der Waals surface area contributed by atoms with Gasteiger partial charge in [-0.3, -0.25) is 0 Å². The lowest BCUT2D eigenvalue weighted by molar-refractivity contribution is 0.660. The first kappa shape index (κ1) is 37.3. The van der Waals surface area contributed by atoms with Crippen molar-refractivity contribution in [1.29, 1.82) is 0 Å². The molecule has 0 aromatic heterocycles. The van der Waals surface area contributed by atoms with E-state index in [1.165, 1.54) is 88.7 Å². The van der Waals surface area contributed by atoms with Crippen LogP contribution in [0.25, 0.3) is 77.5 Å². The highest BCUT2D eigenvalue weighted by atomic mass is 15.1. The highest BCUT2D eigenvalue weighted by Gasteiger charge is 2.36. The van der Waals surface area contributed by atoms with Gasteiger partial charge in [-0.15, -0.1) is 0 Å². The molecule has 0 amide bonds. The highest BCUT2D eigenvalue weighted by Crippen LogP contribution is 2.52. The SMILES string of the molecule is CC1(C)c2ccccc2-c2ccc(N(c3ccc(-c4cc(-c5ccccc5)cc(-c5ccccc5)c4)cc3)c3cc(-c4cccc5ccccc45)ccc3-c3ccccc3)cc21. The third-order valence-electron chi connectivity index (χ3n) is 12.9. The molecular weight excluding hydrogens is 747 g/mol. The Labute approximate surface area is 364 Å². The summed E-state index contributed by atoms with van der Waals surface area (Å²) in [6.07, 6.45) is 0. The van der Waals surface area contributed by atoms with Gasteiger partial charge in [0.05, 0.1) is 5.69 Å². The van der Waals surface area contributed by atoms with E-state index in [-0.39, 0.29) is 5.41 Å². The van der Waals surface area contributed by atoms with Crippen molar-refractivity contribution in [3.05, 3.63) is 248 Å². The number of hydrogen-bond donors (Lipinski definition) is 0. The Hall–Kier alpha value is -7.74. The van der Waals surface area contributed by atoms with Gasteiger partial charge in [-0.1, -0.05) is 202 Å². The Balaban J connectivity index is 1.11. The van der Waals surface area contributed by atoms with E-state index in [9.17, 15) is 0 Å². The van der Waals surface area contributed by atoms with Crippen LogP contribution in [0.15, 0.2) is 237 Å². The second-order valence-electron chi connectivity index (χ2n) is 16.9. The summed E-state index contributed by atoms with van der Waals surface area (Å²) in [6.45, 7) is 4.73. The summed E-state index contributed by atoms with van der Waals surface area (Å²) in [5.74, 6) is 0. The van der Waals surface area contributed by atoms with E-state index in [1.807, 2.05) is 0 Å². The third kappa shape index (κ3) is 6.60. The summed E-state index contributed by atoms with van der Waals surface area (Å²) in [6, 6.07) is 86.8. The molecule has 1 aliphatic carbocycles. The molecule has 0 radical (unpaired) electrons. The number of anilines is 3. The molecule has 11 rings (SSSR count). The summed E-state index contributed by atoms with van der Waals surface area (Å²) in [7, 11) is 0. The lowest BCUT2D eigenvalue weighted by Crippen LogP contribution is -2.17. The topological polar surface area (TPSA) is 3.24 Å². The van der Waals surface area contributed by atoms with Crippen LogP contribution in [-0.4, -0.2) is 0 Å². The average Bonchev–Trinajstić information content (AvgIpc) is 3.57. The number of hydrogen-bond acceptors (Lipinski definition) is 1. The van der Waals surface area contributed by atoms with Gasteiger partial charge in [0, 0.05) is 22.4 Å². The van der Waals surface area contributed by atoms with Crippen LogP contribution in [-0.2, 0) is 5.41 Å². The van der Waals surface area contributed by atoms with Crippen LogP contribution in [0.1, 0.15) is 25.0 Å². The van der Waals surface area contributed by atoms with Crippen molar-refractivity contribution in [2.45, 2.75) is 19.3 Å². The number of rotatable bonds is 8. The van der Waals surface area contributed by atoms with E-state index in [0.29, 0.717) is 0 Å². The first-order valence-electron chi connectivity index (χ1n) is 21.6. The minimum absolute atomic E-state index is 0.148. The molecule has 62 heavy (non-hydrogen) atoms. The van der Waals surface area contributed by atoms with Gasteiger partial charge >= 0.3 is 0 Å². The quantitative estimate of drug-likeness (QED) is 0.148. The van der Waals surface area contributed by atoms with Gasteiger partial charge in [0.1, 0.15) is 0 Å². The molecule has 294 valence electrons. The Kier molecular flexibility index (Phi) is 9.24. The van der Waals surface area contributed by atoms with Crippen molar-refractivity contribution in [3.8, 4) is 66.8 Å². The number of benzene rings is 10. The van der Waals surface area contributed by atoms with E-state index >= 15 is 0 Å². The van der Waals surface area contributed by atoms with Crippen LogP contribution < -0.4 is 4.90 Å². The Morgan fingerprint density at radius 3 is 1.45 bits per heavy atom. The monoisotopic (exact) mass is 791 g/mol. The van der Waals surface area contributed by atoms with Crippen molar-refractivity contribution in [3.63, 3.8) is 0 Å². The molecule has 0 saturated carbocycles.